The summed E-state index contributed by atoms with van der Waals surface area (Å²) in [5.74, 6) is -0.0490. The molecule has 2 aromatic rings. The van der Waals surface area contributed by atoms with Gasteiger partial charge in [-0.1, -0.05) is 30.3 Å². The predicted molar refractivity (Wildman–Crippen MR) is 103 cm³/mol. The van der Waals surface area contributed by atoms with Gasteiger partial charge in [-0.05, 0) is 24.1 Å². The molecule has 0 bridgehead atoms. The minimum atomic E-state index is -0.307. The van der Waals surface area contributed by atoms with Crippen LogP contribution in [0.3, 0.4) is 0 Å². The minimum absolute atomic E-state index is 0. The third-order valence-corrected chi connectivity index (χ3v) is 4.34. The van der Waals surface area contributed by atoms with E-state index in [4.69, 9.17) is 4.74 Å². The van der Waals surface area contributed by atoms with Crippen molar-refractivity contribution < 1.29 is 9.53 Å². The summed E-state index contributed by atoms with van der Waals surface area (Å²) in [6, 6.07) is 12.7. The Hall–Kier alpha value is -2.15. The Kier molecular flexibility index (Phi) is 7.38. The Morgan fingerprint density at radius 3 is 2.65 bits per heavy atom. The van der Waals surface area contributed by atoms with Gasteiger partial charge < -0.3 is 19.9 Å². The molecular formula is C19H24ClN3O3. The molecule has 0 radical (unpaired) electrons. The number of morpholine rings is 1. The second-order valence-corrected chi connectivity index (χ2v) is 6.21. The van der Waals surface area contributed by atoms with Crippen LogP contribution in [-0.4, -0.2) is 35.8 Å². The number of aromatic nitrogens is 1. The number of halogens is 1. The number of amides is 1. The van der Waals surface area contributed by atoms with Gasteiger partial charge in [0.25, 0.3) is 5.56 Å². The number of benzene rings is 1. The maximum atomic E-state index is 12.2. The molecule has 1 amide bonds. The van der Waals surface area contributed by atoms with E-state index in [-0.39, 0.29) is 36.0 Å². The maximum absolute atomic E-state index is 12.2. The predicted octanol–water partition coefficient (Wildman–Crippen LogP) is 1.31. The van der Waals surface area contributed by atoms with Crippen molar-refractivity contribution in [3.8, 4) is 0 Å². The van der Waals surface area contributed by atoms with Crippen LogP contribution in [-0.2, 0) is 22.6 Å². The smallest absolute Gasteiger partial charge is 0.250 e. The highest BCUT2D eigenvalue weighted by atomic mass is 35.5. The van der Waals surface area contributed by atoms with Crippen LogP contribution in [0.2, 0.25) is 0 Å². The summed E-state index contributed by atoms with van der Waals surface area (Å²) in [5, 5.41) is 6.12. The summed E-state index contributed by atoms with van der Waals surface area (Å²) in [7, 11) is 0. The number of carbonyl (C=O) groups excluding carboxylic acids is 1. The first kappa shape index (κ1) is 20.2. The molecular weight excluding hydrogens is 354 g/mol. The first-order chi connectivity index (χ1) is 12.1. The van der Waals surface area contributed by atoms with Crippen molar-refractivity contribution >= 4 is 18.3 Å². The highest BCUT2D eigenvalue weighted by molar-refractivity contribution is 5.85. The average molecular weight is 378 g/mol. The molecule has 26 heavy (non-hydrogen) atoms. The van der Waals surface area contributed by atoms with Gasteiger partial charge in [0.05, 0.1) is 19.3 Å². The van der Waals surface area contributed by atoms with E-state index < -0.39 is 0 Å². The topological polar surface area (TPSA) is 72.4 Å². The lowest BCUT2D eigenvalue weighted by atomic mass is 10.1. The molecule has 0 saturated carbocycles. The number of hydrogen-bond donors (Lipinski definition) is 2. The Morgan fingerprint density at radius 1 is 1.23 bits per heavy atom. The molecule has 1 aliphatic heterocycles. The molecule has 0 spiro atoms. The largest absolute Gasteiger partial charge is 0.375 e. The first-order valence-corrected chi connectivity index (χ1v) is 8.49. The lowest BCUT2D eigenvalue weighted by Gasteiger charge is -2.29. The molecule has 0 unspecified atom stereocenters. The summed E-state index contributed by atoms with van der Waals surface area (Å²) in [6.45, 7) is 4.23. The Morgan fingerprint density at radius 2 is 1.96 bits per heavy atom. The average Bonchev–Trinajstić information content (AvgIpc) is 2.63. The van der Waals surface area contributed by atoms with E-state index in [2.05, 4.69) is 10.6 Å². The molecule has 140 valence electrons. The van der Waals surface area contributed by atoms with E-state index >= 15 is 0 Å². The monoisotopic (exact) mass is 377 g/mol. The first-order valence-electron chi connectivity index (χ1n) is 8.49. The van der Waals surface area contributed by atoms with E-state index in [1.807, 2.05) is 37.3 Å². The third-order valence-electron chi connectivity index (χ3n) is 4.34. The van der Waals surface area contributed by atoms with Crippen molar-refractivity contribution in [2.75, 3.05) is 13.2 Å². The summed E-state index contributed by atoms with van der Waals surface area (Å²) < 4.78 is 7.15. The zero-order valence-corrected chi connectivity index (χ0v) is 15.5. The standard InChI is InChI=1S/C19H23N3O3.ClH/c1-14-18(20-9-11-25-14)19(24)21-12-15-5-7-16(8-6-15)13-22-10-3-2-4-17(22)23;/h2-8,10,14,18,20H,9,11-13H2,1H3,(H,21,24);1H/t14-,18+;/m1./s1. The van der Waals surface area contributed by atoms with Crippen molar-refractivity contribution in [1.29, 1.82) is 0 Å². The fraction of sp³-hybridized carbons (Fsp3) is 0.368. The number of pyridine rings is 1. The zero-order valence-electron chi connectivity index (χ0n) is 14.7. The third kappa shape index (κ3) is 5.17. The second kappa shape index (κ2) is 9.52. The quantitative estimate of drug-likeness (QED) is 0.824. The van der Waals surface area contributed by atoms with Gasteiger partial charge >= 0.3 is 0 Å². The molecule has 1 fully saturated rings. The van der Waals surface area contributed by atoms with Crippen LogP contribution in [0.1, 0.15) is 18.1 Å². The van der Waals surface area contributed by atoms with Crippen LogP contribution in [0.5, 0.6) is 0 Å². The molecule has 6 nitrogen and oxygen atoms in total. The molecule has 2 N–H and O–H groups in total. The molecule has 7 heteroatoms. The van der Waals surface area contributed by atoms with Crippen molar-refractivity contribution in [2.24, 2.45) is 0 Å². The van der Waals surface area contributed by atoms with Gasteiger partial charge in [-0.15, -0.1) is 12.4 Å². The number of rotatable bonds is 5. The van der Waals surface area contributed by atoms with E-state index in [1.165, 1.54) is 0 Å². The lowest BCUT2D eigenvalue weighted by molar-refractivity contribution is -0.129. The highest BCUT2D eigenvalue weighted by Crippen LogP contribution is 2.07. The van der Waals surface area contributed by atoms with Crippen LogP contribution in [0.4, 0.5) is 0 Å². The van der Waals surface area contributed by atoms with Gasteiger partial charge in [0, 0.05) is 25.4 Å². The van der Waals surface area contributed by atoms with E-state index in [1.54, 1.807) is 22.9 Å². The molecule has 1 aliphatic rings. The Balaban J connectivity index is 0.00000243. The second-order valence-electron chi connectivity index (χ2n) is 6.21. The molecule has 1 aromatic heterocycles. The van der Waals surface area contributed by atoms with E-state index in [0.29, 0.717) is 26.2 Å². The number of hydrogen-bond acceptors (Lipinski definition) is 4. The van der Waals surface area contributed by atoms with E-state index in [0.717, 1.165) is 11.1 Å². The minimum Gasteiger partial charge on any atom is -0.375 e. The van der Waals surface area contributed by atoms with Crippen LogP contribution in [0.15, 0.2) is 53.5 Å². The van der Waals surface area contributed by atoms with Gasteiger partial charge in [0.2, 0.25) is 5.91 Å². The van der Waals surface area contributed by atoms with Crippen molar-refractivity contribution in [3.63, 3.8) is 0 Å². The van der Waals surface area contributed by atoms with Crippen molar-refractivity contribution in [3.05, 3.63) is 70.1 Å². The van der Waals surface area contributed by atoms with Gasteiger partial charge in [-0.25, -0.2) is 0 Å². The SMILES string of the molecule is C[C@H]1OCCN[C@@H]1C(=O)NCc1ccc(Cn2ccccc2=O)cc1.Cl. The van der Waals surface area contributed by atoms with Crippen LogP contribution >= 0.6 is 12.4 Å². The lowest BCUT2D eigenvalue weighted by Crippen LogP contribution is -2.55. The summed E-state index contributed by atoms with van der Waals surface area (Å²) in [5.41, 5.74) is 2.04. The summed E-state index contributed by atoms with van der Waals surface area (Å²) >= 11 is 0. The Labute approximate surface area is 159 Å². The van der Waals surface area contributed by atoms with Gasteiger partial charge in [-0.3, -0.25) is 9.59 Å². The Bertz CT molecular complexity index is 776. The molecule has 2 atom stereocenters. The van der Waals surface area contributed by atoms with Gasteiger partial charge in [-0.2, -0.15) is 0 Å². The van der Waals surface area contributed by atoms with E-state index in [9.17, 15) is 9.59 Å². The number of carbonyl (C=O) groups is 1. The number of nitrogens with one attached hydrogen (secondary N) is 2. The maximum Gasteiger partial charge on any atom is 0.250 e. The van der Waals surface area contributed by atoms with Gasteiger partial charge in [0.15, 0.2) is 0 Å². The summed E-state index contributed by atoms with van der Waals surface area (Å²) in [4.78, 5) is 24.0. The van der Waals surface area contributed by atoms with Crippen molar-refractivity contribution in [1.82, 2.24) is 15.2 Å². The molecule has 1 saturated heterocycles. The van der Waals surface area contributed by atoms with Crippen molar-refractivity contribution in [2.45, 2.75) is 32.2 Å². The fourth-order valence-corrected chi connectivity index (χ4v) is 2.88. The number of ether oxygens (including phenoxy) is 1. The normalized spacial score (nSPS) is 19.4. The van der Waals surface area contributed by atoms with Crippen LogP contribution in [0, 0.1) is 0 Å². The summed E-state index contributed by atoms with van der Waals surface area (Å²) in [6.07, 6.45) is 1.65. The van der Waals surface area contributed by atoms with Crippen LogP contribution < -0.4 is 16.2 Å². The molecule has 1 aromatic carbocycles. The van der Waals surface area contributed by atoms with Crippen LogP contribution in [0.25, 0.3) is 0 Å². The zero-order chi connectivity index (χ0) is 17.6. The molecule has 0 aliphatic carbocycles. The number of nitrogens with zero attached hydrogens (tertiary/aromatic N) is 1. The molecule has 3 rings (SSSR count). The highest BCUT2D eigenvalue weighted by Gasteiger charge is 2.27. The fourth-order valence-electron chi connectivity index (χ4n) is 2.88. The van der Waals surface area contributed by atoms with Gasteiger partial charge in [0.1, 0.15) is 6.04 Å². The molecule has 2 heterocycles.